The number of amides is 1. The summed E-state index contributed by atoms with van der Waals surface area (Å²) < 4.78 is 10.9. The van der Waals surface area contributed by atoms with Crippen molar-refractivity contribution < 1.29 is 14.3 Å². The number of hydrogen-bond acceptors (Lipinski definition) is 5. The Morgan fingerprint density at radius 1 is 1.19 bits per heavy atom. The van der Waals surface area contributed by atoms with Crippen LogP contribution in [0.1, 0.15) is 53.9 Å². The van der Waals surface area contributed by atoms with Crippen LogP contribution in [0, 0.1) is 5.92 Å². The molecule has 2 heterocycles. The van der Waals surface area contributed by atoms with Crippen molar-refractivity contribution >= 4 is 36.0 Å². The van der Waals surface area contributed by atoms with Gasteiger partial charge >= 0.3 is 6.09 Å². The summed E-state index contributed by atoms with van der Waals surface area (Å²) >= 11 is 0. The van der Waals surface area contributed by atoms with Gasteiger partial charge in [-0.05, 0) is 33.1 Å². The molecule has 1 amide bonds. The first-order valence-electron chi connectivity index (χ1n) is 11.5. The number of morpholine rings is 1. The zero-order chi connectivity index (χ0) is 22.1. The van der Waals surface area contributed by atoms with Crippen LogP contribution in [0.4, 0.5) is 4.79 Å². The van der Waals surface area contributed by atoms with Gasteiger partial charge in [-0.3, -0.25) is 9.89 Å². The molecule has 2 atom stereocenters. The molecule has 0 radical (unpaired) electrons. The highest BCUT2D eigenvalue weighted by Crippen LogP contribution is 2.20. The average Bonchev–Trinajstić information content (AvgIpc) is 3.15. The van der Waals surface area contributed by atoms with E-state index in [4.69, 9.17) is 9.47 Å². The summed E-state index contributed by atoms with van der Waals surface area (Å²) in [5.41, 5.74) is -0.483. The quantitative estimate of drug-likeness (QED) is 0.287. The number of halogens is 1. The van der Waals surface area contributed by atoms with E-state index in [1.807, 2.05) is 27.8 Å². The first-order chi connectivity index (χ1) is 14.3. The van der Waals surface area contributed by atoms with Gasteiger partial charge in [0.05, 0.1) is 19.3 Å². The van der Waals surface area contributed by atoms with Crippen LogP contribution in [0.5, 0.6) is 0 Å². The summed E-state index contributed by atoms with van der Waals surface area (Å²) in [6.07, 6.45) is 2.88. The van der Waals surface area contributed by atoms with Crippen LogP contribution in [0.25, 0.3) is 0 Å². The van der Waals surface area contributed by atoms with E-state index in [9.17, 15) is 4.79 Å². The second kappa shape index (κ2) is 13.7. The molecule has 0 spiro atoms. The van der Waals surface area contributed by atoms with Crippen LogP contribution >= 0.6 is 24.0 Å². The minimum absolute atomic E-state index is 0. The summed E-state index contributed by atoms with van der Waals surface area (Å²) in [7, 11) is 1.83. The summed E-state index contributed by atoms with van der Waals surface area (Å²) in [5, 5.41) is 6.61. The number of rotatable bonds is 7. The molecule has 31 heavy (non-hydrogen) atoms. The maximum atomic E-state index is 12.1. The van der Waals surface area contributed by atoms with Crippen LogP contribution < -0.4 is 10.6 Å². The highest BCUT2D eigenvalue weighted by molar-refractivity contribution is 14.0. The van der Waals surface area contributed by atoms with Gasteiger partial charge in [-0.15, -0.1) is 24.0 Å². The molecule has 0 aromatic heterocycles. The summed E-state index contributed by atoms with van der Waals surface area (Å²) in [5.74, 6) is 1.56. The van der Waals surface area contributed by atoms with Crippen LogP contribution in [-0.2, 0) is 9.47 Å². The standard InChI is InChI=1S/C22H43N5O3.HI/c1-7-17(8-2)19(26-11-13-29-14-12-26)15-24-20(23-6)27-10-9-18(16-27)25-21(28)30-22(3,4)5;/h17-19H,7-16H2,1-6H3,(H,23,24)(H,25,28);1H. The van der Waals surface area contributed by atoms with Gasteiger partial charge in [0.2, 0.25) is 0 Å². The Bertz CT molecular complexity index is 560. The zero-order valence-electron chi connectivity index (χ0n) is 20.3. The molecule has 0 bridgehead atoms. The Morgan fingerprint density at radius 3 is 2.39 bits per heavy atom. The third-order valence-corrected chi connectivity index (χ3v) is 6.00. The van der Waals surface area contributed by atoms with Crippen LogP contribution in [0.3, 0.4) is 0 Å². The molecule has 0 aliphatic carbocycles. The minimum atomic E-state index is -0.483. The highest BCUT2D eigenvalue weighted by Gasteiger charge is 2.30. The summed E-state index contributed by atoms with van der Waals surface area (Å²) in [4.78, 5) is 21.4. The third-order valence-electron chi connectivity index (χ3n) is 6.00. The monoisotopic (exact) mass is 553 g/mol. The van der Waals surface area contributed by atoms with Gasteiger partial charge < -0.3 is 25.0 Å². The molecular weight excluding hydrogens is 509 g/mol. The molecule has 8 nitrogen and oxygen atoms in total. The molecule has 9 heteroatoms. The third kappa shape index (κ3) is 9.29. The lowest BCUT2D eigenvalue weighted by molar-refractivity contribution is 0.00261. The highest BCUT2D eigenvalue weighted by atomic mass is 127. The van der Waals surface area contributed by atoms with Crippen molar-refractivity contribution in [1.29, 1.82) is 0 Å². The molecule has 2 saturated heterocycles. The van der Waals surface area contributed by atoms with Crippen molar-refractivity contribution in [2.24, 2.45) is 10.9 Å². The Labute approximate surface area is 205 Å². The van der Waals surface area contributed by atoms with Crippen LogP contribution in [0.15, 0.2) is 4.99 Å². The second-order valence-electron chi connectivity index (χ2n) is 9.30. The van der Waals surface area contributed by atoms with Crippen LogP contribution in [-0.4, -0.2) is 92.5 Å². The summed E-state index contributed by atoms with van der Waals surface area (Å²) in [6, 6.07) is 0.548. The number of alkyl carbamates (subject to hydrolysis) is 1. The number of carbonyl (C=O) groups excluding carboxylic acids is 1. The maximum absolute atomic E-state index is 12.1. The lowest BCUT2D eigenvalue weighted by Crippen LogP contribution is -2.54. The SMILES string of the molecule is CCC(CC)C(CNC(=NC)N1CCC(NC(=O)OC(C)(C)C)C1)N1CCOCC1.I. The van der Waals surface area contributed by atoms with Crippen molar-refractivity contribution in [1.82, 2.24) is 20.4 Å². The van der Waals surface area contributed by atoms with Gasteiger partial charge in [-0.2, -0.15) is 0 Å². The van der Waals surface area contributed by atoms with E-state index in [1.54, 1.807) is 0 Å². The molecule has 2 aliphatic heterocycles. The molecule has 0 aromatic rings. The molecule has 2 aliphatic rings. The smallest absolute Gasteiger partial charge is 0.407 e. The molecule has 182 valence electrons. The number of carbonyl (C=O) groups is 1. The van der Waals surface area contributed by atoms with Gasteiger partial charge in [0.1, 0.15) is 5.60 Å². The largest absolute Gasteiger partial charge is 0.444 e. The van der Waals surface area contributed by atoms with Crippen LogP contribution in [0.2, 0.25) is 0 Å². The van der Waals surface area contributed by atoms with Crippen molar-refractivity contribution in [3.05, 3.63) is 0 Å². The molecule has 2 rings (SSSR count). The zero-order valence-corrected chi connectivity index (χ0v) is 22.6. The first-order valence-corrected chi connectivity index (χ1v) is 11.5. The van der Waals surface area contributed by atoms with Gasteiger partial charge in [0, 0.05) is 45.8 Å². The molecule has 2 fully saturated rings. The Hall–Kier alpha value is -0.810. The molecule has 2 N–H and O–H groups in total. The Balaban J connectivity index is 0.00000480. The number of ether oxygens (including phenoxy) is 2. The molecule has 0 aromatic carbocycles. The number of likely N-dealkylation sites (tertiary alicyclic amines) is 1. The van der Waals surface area contributed by atoms with E-state index >= 15 is 0 Å². The van der Waals surface area contributed by atoms with E-state index in [-0.39, 0.29) is 36.1 Å². The van der Waals surface area contributed by atoms with Crippen molar-refractivity contribution in [2.75, 3.05) is 53.0 Å². The van der Waals surface area contributed by atoms with Crippen molar-refractivity contribution in [3.63, 3.8) is 0 Å². The Kier molecular flexibility index (Phi) is 12.4. The normalized spacial score (nSPS) is 21.6. The number of hydrogen-bond donors (Lipinski definition) is 2. The fraction of sp³-hybridized carbons (Fsp3) is 0.909. The lowest BCUT2D eigenvalue weighted by Gasteiger charge is -2.39. The topological polar surface area (TPSA) is 78.4 Å². The predicted molar refractivity (Wildman–Crippen MR) is 136 cm³/mol. The van der Waals surface area contributed by atoms with E-state index in [1.165, 1.54) is 12.8 Å². The Morgan fingerprint density at radius 2 is 1.84 bits per heavy atom. The van der Waals surface area contributed by atoms with E-state index < -0.39 is 5.60 Å². The lowest BCUT2D eigenvalue weighted by atomic mass is 9.92. The van der Waals surface area contributed by atoms with E-state index in [0.29, 0.717) is 12.0 Å². The average molecular weight is 554 g/mol. The van der Waals surface area contributed by atoms with Crippen molar-refractivity contribution in [2.45, 2.75) is 71.6 Å². The number of nitrogens with one attached hydrogen (secondary N) is 2. The minimum Gasteiger partial charge on any atom is -0.444 e. The summed E-state index contributed by atoms with van der Waals surface area (Å²) in [6.45, 7) is 16.3. The predicted octanol–water partition coefficient (Wildman–Crippen LogP) is 2.92. The second-order valence-corrected chi connectivity index (χ2v) is 9.30. The number of nitrogens with zero attached hydrogens (tertiary/aromatic N) is 3. The number of aliphatic imine (C=N–C) groups is 1. The van der Waals surface area contributed by atoms with Crippen molar-refractivity contribution in [3.8, 4) is 0 Å². The maximum Gasteiger partial charge on any atom is 0.407 e. The molecular formula is C22H44IN5O3. The molecule has 0 saturated carbocycles. The first kappa shape index (κ1) is 28.2. The fourth-order valence-electron chi connectivity index (χ4n) is 4.41. The van der Waals surface area contributed by atoms with E-state index in [2.05, 4.69) is 39.3 Å². The number of guanidine groups is 1. The van der Waals surface area contributed by atoms with Gasteiger partial charge in [-0.25, -0.2) is 4.79 Å². The van der Waals surface area contributed by atoms with Gasteiger partial charge in [0.25, 0.3) is 0 Å². The van der Waals surface area contributed by atoms with E-state index in [0.717, 1.165) is 58.3 Å². The van der Waals surface area contributed by atoms with Gasteiger partial charge in [-0.1, -0.05) is 26.7 Å². The molecule has 2 unspecified atom stereocenters. The fourth-order valence-corrected chi connectivity index (χ4v) is 4.41. The van der Waals surface area contributed by atoms with Gasteiger partial charge in [0.15, 0.2) is 5.96 Å².